The van der Waals surface area contributed by atoms with E-state index in [4.69, 9.17) is 4.74 Å². The molecule has 2 N–H and O–H groups in total. The Bertz CT molecular complexity index is 405. The fourth-order valence-electron chi connectivity index (χ4n) is 3.71. The van der Waals surface area contributed by atoms with Gasteiger partial charge in [0.05, 0.1) is 0 Å². The van der Waals surface area contributed by atoms with Crippen LogP contribution >= 0.6 is 0 Å². The summed E-state index contributed by atoms with van der Waals surface area (Å²) in [7, 11) is 0. The molecule has 0 aromatic rings. The molecule has 0 aromatic carbocycles. The standard InChI is InChI=1S/C24H48N2O5/c1-5-9-15-25(16-10-6-2)21(23(27)28)13-19-31-20-14-22(24(29)30)26(17-11-7-3)18-12-8-4/h21-22H,5-20H2,1-4H3,(H,27,28)(H,29,30). The van der Waals surface area contributed by atoms with Crippen molar-refractivity contribution in [3.8, 4) is 0 Å². The summed E-state index contributed by atoms with van der Waals surface area (Å²) in [6.45, 7) is 12.3. The number of carboxylic acid groups (broad SMARTS) is 2. The molecule has 0 fully saturated rings. The summed E-state index contributed by atoms with van der Waals surface area (Å²) in [4.78, 5) is 27.8. The van der Waals surface area contributed by atoms with Gasteiger partial charge in [-0.2, -0.15) is 0 Å². The van der Waals surface area contributed by atoms with E-state index in [0.717, 1.165) is 77.5 Å². The molecule has 0 aliphatic rings. The number of hydrogen-bond donors (Lipinski definition) is 2. The Balaban J connectivity index is 4.69. The first-order chi connectivity index (χ1) is 14.9. The number of carboxylic acids is 2. The normalized spacial score (nSPS) is 13.6. The van der Waals surface area contributed by atoms with E-state index >= 15 is 0 Å². The van der Waals surface area contributed by atoms with Gasteiger partial charge in [-0.3, -0.25) is 19.4 Å². The molecule has 0 amide bonds. The van der Waals surface area contributed by atoms with Gasteiger partial charge in [0.15, 0.2) is 0 Å². The van der Waals surface area contributed by atoms with Crippen LogP contribution in [0.15, 0.2) is 0 Å². The van der Waals surface area contributed by atoms with Gasteiger partial charge in [0.1, 0.15) is 12.1 Å². The molecule has 0 aromatic heterocycles. The second-order valence-corrected chi connectivity index (χ2v) is 8.38. The maximum atomic E-state index is 11.8. The SMILES string of the molecule is CCCCN(CCCC)C(CCOCCC(C(=O)O)N(CCCC)CCCC)C(=O)O. The molecular weight excluding hydrogens is 396 g/mol. The van der Waals surface area contributed by atoms with Gasteiger partial charge in [-0.05, 0) is 64.7 Å². The highest BCUT2D eigenvalue weighted by molar-refractivity contribution is 5.73. The van der Waals surface area contributed by atoms with Gasteiger partial charge in [0.25, 0.3) is 0 Å². The largest absolute Gasteiger partial charge is 0.480 e. The number of carbonyl (C=O) groups is 2. The van der Waals surface area contributed by atoms with Gasteiger partial charge >= 0.3 is 11.9 Å². The van der Waals surface area contributed by atoms with Gasteiger partial charge in [0, 0.05) is 13.2 Å². The summed E-state index contributed by atoms with van der Waals surface area (Å²) in [6.07, 6.45) is 8.94. The van der Waals surface area contributed by atoms with E-state index in [1.54, 1.807) is 0 Å². The maximum absolute atomic E-state index is 11.8. The summed E-state index contributed by atoms with van der Waals surface area (Å²) in [6, 6.07) is -1.09. The second kappa shape index (κ2) is 19.5. The molecule has 2 unspecified atom stereocenters. The van der Waals surface area contributed by atoms with Gasteiger partial charge < -0.3 is 14.9 Å². The van der Waals surface area contributed by atoms with E-state index in [9.17, 15) is 19.8 Å². The Morgan fingerprint density at radius 3 is 1.16 bits per heavy atom. The molecule has 0 aliphatic heterocycles. The molecule has 2 atom stereocenters. The van der Waals surface area contributed by atoms with Gasteiger partial charge in [-0.15, -0.1) is 0 Å². The number of nitrogens with zero attached hydrogens (tertiary/aromatic N) is 2. The Labute approximate surface area is 190 Å². The molecule has 7 nitrogen and oxygen atoms in total. The summed E-state index contributed by atoms with van der Waals surface area (Å²) < 4.78 is 5.73. The lowest BCUT2D eigenvalue weighted by atomic mass is 10.1. The highest BCUT2D eigenvalue weighted by atomic mass is 16.5. The molecular formula is C24H48N2O5. The lowest BCUT2D eigenvalue weighted by molar-refractivity contribution is -0.144. The van der Waals surface area contributed by atoms with E-state index in [2.05, 4.69) is 37.5 Å². The van der Waals surface area contributed by atoms with Crippen LogP contribution in [0.3, 0.4) is 0 Å². The molecule has 0 saturated heterocycles. The number of aliphatic carboxylic acids is 2. The van der Waals surface area contributed by atoms with E-state index in [0.29, 0.717) is 26.1 Å². The smallest absolute Gasteiger partial charge is 0.321 e. The van der Waals surface area contributed by atoms with Crippen LogP contribution in [0.25, 0.3) is 0 Å². The minimum atomic E-state index is -0.801. The lowest BCUT2D eigenvalue weighted by Crippen LogP contribution is -2.44. The number of unbranched alkanes of at least 4 members (excludes halogenated alkanes) is 4. The van der Waals surface area contributed by atoms with Gasteiger partial charge in [0.2, 0.25) is 0 Å². The van der Waals surface area contributed by atoms with Crippen molar-refractivity contribution in [3.63, 3.8) is 0 Å². The van der Waals surface area contributed by atoms with Crippen molar-refractivity contribution in [2.24, 2.45) is 0 Å². The zero-order chi connectivity index (χ0) is 23.5. The Kier molecular flexibility index (Phi) is 18.8. The molecule has 0 spiro atoms. The molecule has 0 bridgehead atoms. The van der Waals surface area contributed by atoms with E-state index < -0.39 is 24.0 Å². The van der Waals surface area contributed by atoms with Crippen LogP contribution in [0.5, 0.6) is 0 Å². The average Bonchev–Trinajstić information content (AvgIpc) is 2.74. The van der Waals surface area contributed by atoms with E-state index in [1.165, 1.54) is 0 Å². The van der Waals surface area contributed by atoms with Crippen molar-refractivity contribution in [1.29, 1.82) is 0 Å². The molecule has 7 heteroatoms. The predicted octanol–water partition coefficient (Wildman–Crippen LogP) is 4.49. The van der Waals surface area contributed by atoms with Crippen molar-refractivity contribution in [3.05, 3.63) is 0 Å². The minimum Gasteiger partial charge on any atom is -0.480 e. The quantitative estimate of drug-likeness (QED) is 0.238. The number of hydrogen-bond acceptors (Lipinski definition) is 5. The number of rotatable bonds is 22. The maximum Gasteiger partial charge on any atom is 0.321 e. The summed E-state index contributed by atoms with van der Waals surface area (Å²) >= 11 is 0. The van der Waals surface area contributed by atoms with Crippen LogP contribution < -0.4 is 0 Å². The third-order valence-corrected chi connectivity index (χ3v) is 5.72. The van der Waals surface area contributed by atoms with Crippen LogP contribution in [0.1, 0.15) is 91.9 Å². The minimum absolute atomic E-state index is 0.335. The Hall–Kier alpha value is -1.18. The van der Waals surface area contributed by atoms with Crippen molar-refractivity contribution in [1.82, 2.24) is 9.80 Å². The monoisotopic (exact) mass is 444 g/mol. The number of ether oxygens (including phenoxy) is 1. The summed E-state index contributed by atoms with van der Waals surface area (Å²) in [5.74, 6) is -1.60. The molecule has 0 radical (unpaired) electrons. The Morgan fingerprint density at radius 1 is 0.645 bits per heavy atom. The topological polar surface area (TPSA) is 90.3 Å². The molecule has 0 rings (SSSR count). The third-order valence-electron chi connectivity index (χ3n) is 5.72. The first-order valence-corrected chi connectivity index (χ1v) is 12.4. The van der Waals surface area contributed by atoms with Crippen molar-refractivity contribution >= 4 is 11.9 Å². The van der Waals surface area contributed by atoms with E-state index in [-0.39, 0.29) is 0 Å². The molecule has 31 heavy (non-hydrogen) atoms. The highest BCUT2D eigenvalue weighted by Gasteiger charge is 2.26. The van der Waals surface area contributed by atoms with Crippen LogP contribution in [-0.2, 0) is 14.3 Å². The van der Waals surface area contributed by atoms with Crippen LogP contribution in [0, 0.1) is 0 Å². The zero-order valence-corrected chi connectivity index (χ0v) is 20.5. The van der Waals surface area contributed by atoms with Crippen LogP contribution in [-0.4, -0.2) is 83.4 Å². The molecule has 0 saturated carbocycles. The lowest BCUT2D eigenvalue weighted by Gasteiger charge is -2.29. The Morgan fingerprint density at radius 2 is 0.935 bits per heavy atom. The third kappa shape index (κ3) is 13.8. The van der Waals surface area contributed by atoms with Crippen molar-refractivity contribution in [2.45, 2.75) is 104 Å². The highest BCUT2D eigenvalue weighted by Crippen LogP contribution is 2.12. The zero-order valence-electron chi connectivity index (χ0n) is 20.5. The van der Waals surface area contributed by atoms with E-state index in [1.807, 2.05) is 0 Å². The molecule has 0 aliphatic carbocycles. The fraction of sp³-hybridized carbons (Fsp3) is 0.917. The molecule has 184 valence electrons. The van der Waals surface area contributed by atoms with Crippen molar-refractivity contribution in [2.75, 3.05) is 39.4 Å². The predicted molar refractivity (Wildman–Crippen MR) is 126 cm³/mol. The average molecular weight is 445 g/mol. The fourth-order valence-corrected chi connectivity index (χ4v) is 3.71. The van der Waals surface area contributed by atoms with Gasteiger partial charge in [-0.1, -0.05) is 53.4 Å². The van der Waals surface area contributed by atoms with Crippen LogP contribution in [0.2, 0.25) is 0 Å². The first kappa shape index (κ1) is 29.8. The summed E-state index contributed by atoms with van der Waals surface area (Å²) in [5, 5.41) is 19.4. The molecule has 0 heterocycles. The van der Waals surface area contributed by atoms with Crippen molar-refractivity contribution < 1.29 is 24.5 Å². The second-order valence-electron chi connectivity index (χ2n) is 8.38. The first-order valence-electron chi connectivity index (χ1n) is 12.4. The van der Waals surface area contributed by atoms with Crippen LogP contribution in [0.4, 0.5) is 0 Å². The summed E-state index contributed by atoms with van der Waals surface area (Å²) in [5.41, 5.74) is 0. The van der Waals surface area contributed by atoms with Gasteiger partial charge in [-0.25, -0.2) is 0 Å².